The van der Waals surface area contributed by atoms with Crippen LogP contribution >= 0.6 is 11.6 Å². The lowest BCUT2D eigenvalue weighted by molar-refractivity contribution is 0.0953. The normalized spacial score (nSPS) is 11.2. The van der Waals surface area contributed by atoms with Crippen LogP contribution in [0.15, 0.2) is 53.4 Å². The Morgan fingerprint density at radius 2 is 1.67 bits per heavy atom. The van der Waals surface area contributed by atoms with Crippen molar-refractivity contribution in [2.24, 2.45) is 0 Å². The first-order valence-electron chi connectivity index (χ1n) is 7.55. The summed E-state index contributed by atoms with van der Waals surface area (Å²) in [6, 6.07) is 12.8. The van der Waals surface area contributed by atoms with Crippen LogP contribution in [-0.4, -0.2) is 20.9 Å². The maximum Gasteiger partial charge on any atom is 0.251 e. The summed E-state index contributed by atoms with van der Waals surface area (Å²) in [7, 11) is -3.60. The average Bonchev–Trinajstić information content (AvgIpc) is 2.59. The topological polar surface area (TPSA) is 75.3 Å². The average molecular weight is 367 g/mol. The summed E-state index contributed by atoms with van der Waals surface area (Å²) in [5, 5.41) is 3.27. The van der Waals surface area contributed by atoms with Crippen molar-refractivity contribution in [1.29, 1.82) is 0 Å². The van der Waals surface area contributed by atoms with Crippen LogP contribution in [-0.2, 0) is 16.6 Å². The van der Waals surface area contributed by atoms with E-state index in [1.54, 1.807) is 24.3 Å². The van der Waals surface area contributed by atoms with Crippen molar-refractivity contribution >= 4 is 27.5 Å². The molecule has 2 aromatic carbocycles. The van der Waals surface area contributed by atoms with Gasteiger partial charge in [-0.05, 0) is 48.4 Å². The molecule has 7 heteroatoms. The van der Waals surface area contributed by atoms with E-state index in [4.69, 9.17) is 11.6 Å². The van der Waals surface area contributed by atoms with Gasteiger partial charge in [-0.15, -0.1) is 0 Å². The number of halogens is 1. The fourth-order valence-corrected chi connectivity index (χ4v) is 3.13. The van der Waals surface area contributed by atoms with Crippen LogP contribution in [0.2, 0.25) is 5.02 Å². The number of nitrogens with one attached hydrogen (secondary N) is 2. The summed E-state index contributed by atoms with van der Waals surface area (Å²) in [5.74, 6) is -0.134. The Bertz CT molecular complexity index is 788. The Balaban J connectivity index is 1.99. The zero-order chi connectivity index (χ0) is 17.6. The lowest BCUT2D eigenvalue weighted by Gasteiger charge is -2.08. The fourth-order valence-electron chi connectivity index (χ4n) is 1.99. The van der Waals surface area contributed by atoms with Crippen molar-refractivity contribution < 1.29 is 13.2 Å². The number of carbonyl (C=O) groups is 1. The maximum absolute atomic E-state index is 12.2. The van der Waals surface area contributed by atoms with Crippen molar-refractivity contribution in [3.8, 4) is 0 Å². The minimum Gasteiger partial charge on any atom is -0.352 e. The first-order valence-corrected chi connectivity index (χ1v) is 9.41. The van der Waals surface area contributed by atoms with Crippen molar-refractivity contribution in [3.63, 3.8) is 0 Å². The minimum absolute atomic E-state index is 0.134. The van der Waals surface area contributed by atoms with Gasteiger partial charge < -0.3 is 5.32 Å². The van der Waals surface area contributed by atoms with E-state index in [1.165, 1.54) is 24.3 Å². The summed E-state index contributed by atoms with van der Waals surface area (Å²) in [4.78, 5) is 12.0. The van der Waals surface area contributed by atoms with Crippen LogP contribution in [0.4, 0.5) is 0 Å². The van der Waals surface area contributed by atoms with Gasteiger partial charge in [-0.25, -0.2) is 13.1 Å². The second-order valence-corrected chi connectivity index (χ2v) is 7.43. The van der Waals surface area contributed by atoms with E-state index in [0.29, 0.717) is 17.1 Å². The predicted molar refractivity (Wildman–Crippen MR) is 94.5 cm³/mol. The largest absolute Gasteiger partial charge is 0.352 e. The molecule has 128 valence electrons. The van der Waals surface area contributed by atoms with Gasteiger partial charge >= 0.3 is 0 Å². The van der Waals surface area contributed by atoms with E-state index < -0.39 is 10.0 Å². The summed E-state index contributed by atoms with van der Waals surface area (Å²) in [6.45, 7) is 2.75. The Morgan fingerprint density at radius 3 is 2.25 bits per heavy atom. The molecule has 0 radical (unpaired) electrons. The summed E-state index contributed by atoms with van der Waals surface area (Å²) in [5.41, 5.74) is 1.31. The van der Waals surface area contributed by atoms with Crippen molar-refractivity contribution in [1.82, 2.24) is 10.0 Å². The van der Waals surface area contributed by atoms with Gasteiger partial charge in [-0.3, -0.25) is 4.79 Å². The molecule has 0 atom stereocenters. The molecule has 0 aliphatic carbocycles. The molecule has 5 nitrogen and oxygen atoms in total. The number of rotatable bonds is 7. The lowest BCUT2D eigenvalue weighted by Crippen LogP contribution is -2.24. The number of carbonyl (C=O) groups excluding carboxylic acids is 1. The van der Waals surface area contributed by atoms with Crippen molar-refractivity contribution in [2.75, 3.05) is 6.54 Å². The smallest absolute Gasteiger partial charge is 0.251 e. The zero-order valence-corrected chi connectivity index (χ0v) is 14.8. The molecule has 0 aliphatic rings. The summed E-state index contributed by atoms with van der Waals surface area (Å²) in [6.07, 6.45) is 0.871. The molecular formula is C17H19ClN2O3S. The quantitative estimate of drug-likeness (QED) is 0.791. The number of amides is 1. The van der Waals surface area contributed by atoms with Gasteiger partial charge in [-0.1, -0.05) is 30.7 Å². The predicted octanol–water partition coefficient (Wildman–Crippen LogP) is 2.96. The third-order valence-corrected chi connectivity index (χ3v) is 5.01. The van der Waals surface area contributed by atoms with Crippen LogP contribution in [0.25, 0.3) is 0 Å². The van der Waals surface area contributed by atoms with E-state index in [9.17, 15) is 13.2 Å². The van der Waals surface area contributed by atoms with E-state index in [1.807, 2.05) is 6.92 Å². The van der Waals surface area contributed by atoms with Crippen molar-refractivity contribution in [3.05, 3.63) is 64.7 Å². The van der Waals surface area contributed by atoms with Gasteiger partial charge in [0.15, 0.2) is 0 Å². The molecule has 2 N–H and O–H groups in total. The summed E-state index contributed by atoms with van der Waals surface area (Å²) >= 11 is 5.76. The molecule has 0 heterocycles. The number of hydrogen-bond donors (Lipinski definition) is 2. The highest BCUT2D eigenvalue weighted by molar-refractivity contribution is 7.89. The first-order chi connectivity index (χ1) is 11.4. The third-order valence-electron chi connectivity index (χ3n) is 3.34. The SMILES string of the molecule is CCCNC(=O)c1ccc(CNS(=O)(=O)c2ccc(Cl)cc2)cc1. The van der Waals surface area contributed by atoms with Crippen molar-refractivity contribution in [2.45, 2.75) is 24.8 Å². The van der Waals surface area contributed by atoms with E-state index in [2.05, 4.69) is 10.0 Å². The molecule has 1 amide bonds. The molecule has 0 spiro atoms. The molecule has 0 bridgehead atoms. The van der Waals surface area contributed by atoms with Gasteiger partial charge in [0, 0.05) is 23.7 Å². The molecular weight excluding hydrogens is 348 g/mol. The van der Waals surface area contributed by atoms with Crippen LogP contribution in [0, 0.1) is 0 Å². The number of benzene rings is 2. The lowest BCUT2D eigenvalue weighted by atomic mass is 10.1. The molecule has 0 fully saturated rings. The molecule has 0 saturated heterocycles. The Labute approximate surface area is 147 Å². The second kappa shape index (κ2) is 8.28. The van der Waals surface area contributed by atoms with E-state index >= 15 is 0 Å². The molecule has 24 heavy (non-hydrogen) atoms. The minimum atomic E-state index is -3.60. The first kappa shape index (κ1) is 18.4. The highest BCUT2D eigenvalue weighted by Crippen LogP contribution is 2.14. The van der Waals surface area contributed by atoms with Gasteiger partial charge in [0.2, 0.25) is 10.0 Å². The molecule has 2 aromatic rings. The molecule has 2 rings (SSSR count). The monoisotopic (exact) mass is 366 g/mol. The standard InChI is InChI=1S/C17H19ClN2O3S/c1-2-11-19-17(21)14-5-3-13(4-6-14)12-20-24(22,23)16-9-7-15(18)8-10-16/h3-10,20H,2,11-12H2,1H3,(H,19,21). The Morgan fingerprint density at radius 1 is 1.04 bits per heavy atom. The number of hydrogen-bond acceptors (Lipinski definition) is 3. The van der Waals surface area contributed by atoms with Gasteiger partial charge in [0.05, 0.1) is 4.90 Å². The van der Waals surface area contributed by atoms with Crippen LogP contribution in [0.1, 0.15) is 29.3 Å². The fraction of sp³-hybridized carbons (Fsp3) is 0.235. The second-order valence-electron chi connectivity index (χ2n) is 5.23. The summed E-state index contributed by atoms with van der Waals surface area (Å²) < 4.78 is 26.9. The highest BCUT2D eigenvalue weighted by atomic mass is 35.5. The highest BCUT2D eigenvalue weighted by Gasteiger charge is 2.13. The van der Waals surface area contributed by atoms with E-state index in [0.717, 1.165) is 12.0 Å². The molecule has 0 saturated carbocycles. The number of sulfonamides is 1. The van der Waals surface area contributed by atoms with Crippen LogP contribution in [0.5, 0.6) is 0 Å². The molecule has 0 aromatic heterocycles. The maximum atomic E-state index is 12.2. The zero-order valence-electron chi connectivity index (χ0n) is 13.3. The Hall–Kier alpha value is -1.89. The third kappa shape index (κ3) is 5.06. The van der Waals surface area contributed by atoms with Gasteiger partial charge in [0.1, 0.15) is 0 Å². The van der Waals surface area contributed by atoms with Crippen LogP contribution in [0.3, 0.4) is 0 Å². The van der Waals surface area contributed by atoms with Gasteiger partial charge in [-0.2, -0.15) is 0 Å². The van der Waals surface area contributed by atoms with E-state index in [-0.39, 0.29) is 17.3 Å². The molecule has 0 unspecified atom stereocenters. The molecule has 0 aliphatic heterocycles. The van der Waals surface area contributed by atoms with Gasteiger partial charge in [0.25, 0.3) is 5.91 Å². The Kier molecular flexibility index (Phi) is 6.36. The van der Waals surface area contributed by atoms with Crippen LogP contribution < -0.4 is 10.0 Å².